The Kier molecular flexibility index (Phi) is 20.4. The van der Waals surface area contributed by atoms with Crippen LogP contribution in [0.5, 0.6) is 11.5 Å². The van der Waals surface area contributed by atoms with E-state index in [0.29, 0.717) is 30.9 Å². The maximum absolute atomic E-state index is 15.0. The van der Waals surface area contributed by atoms with Crippen molar-refractivity contribution in [2.24, 2.45) is 22.9 Å². The molecular weight excluding hydrogens is 850 g/mol. The molecule has 0 bridgehead atoms. The molecule has 2 heterocycles. The number of unbranched alkanes of at least 4 members (excludes halogenated alkanes) is 11. The minimum Gasteiger partial charge on any atom is -0.492 e. The Morgan fingerprint density at radius 3 is 2.27 bits per heavy atom. The van der Waals surface area contributed by atoms with Crippen LogP contribution in [0.2, 0.25) is 0 Å². The maximum atomic E-state index is 15.0. The molecule has 2 aromatic carbocycles. The highest BCUT2D eigenvalue weighted by Gasteiger charge is 2.65. The van der Waals surface area contributed by atoms with Crippen LogP contribution < -0.4 is 9.47 Å². The van der Waals surface area contributed by atoms with E-state index in [0.717, 1.165) is 87.0 Å². The number of amides is 1. The number of ether oxygens (including phenoxy) is 4. The first-order valence-corrected chi connectivity index (χ1v) is 25.8. The smallest absolute Gasteiger partial charge is 0.410 e. The molecule has 12 heteroatoms. The van der Waals surface area contributed by atoms with E-state index in [9.17, 15) is 19.4 Å². The minimum atomic E-state index is -1.46. The van der Waals surface area contributed by atoms with Crippen molar-refractivity contribution >= 4 is 11.8 Å². The van der Waals surface area contributed by atoms with Gasteiger partial charge in [0.2, 0.25) is 5.79 Å². The van der Waals surface area contributed by atoms with E-state index in [1.807, 2.05) is 32.9 Å². The SMILES string of the molecule is C=CCO[C@@]12Oc3ccc(OCCN4CC4)cc3[C@H]3[C@H](CCCCO)[C@@H](CCCCO)C=C(C(=NOC(C)(C)C)C[C@@H]1N(Cc1ccc(F)cc1)C(=O)OCCCCCCCCCCCC)[C@H]32. The quantitative estimate of drug-likeness (QED) is 0.0341. The second-order valence-corrected chi connectivity index (χ2v) is 20.2. The lowest BCUT2D eigenvalue weighted by Crippen LogP contribution is -2.70. The monoisotopic (exact) mass is 932 g/mol. The molecule has 2 fully saturated rings. The van der Waals surface area contributed by atoms with Crippen molar-refractivity contribution in [3.63, 3.8) is 0 Å². The molecule has 2 aliphatic heterocycles. The second kappa shape index (κ2) is 26.1. The molecule has 4 aliphatic rings. The third-order valence-corrected chi connectivity index (χ3v) is 13.9. The van der Waals surface area contributed by atoms with Gasteiger partial charge in [-0.05, 0) is 106 Å². The van der Waals surface area contributed by atoms with Crippen molar-refractivity contribution in [1.29, 1.82) is 0 Å². The Morgan fingerprint density at radius 1 is 0.925 bits per heavy atom. The number of allylic oxidation sites excluding steroid dienone is 1. The fourth-order valence-electron chi connectivity index (χ4n) is 10.4. The van der Waals surface area contributed by atoms with Crippen LogP contribution in [-0.2, 0) is 20.9 Å². The molecule has 2 N–H and O–H groups in total. The molecule has 372 valence electrons. The number of benzene rings is 2. The third-order valence-electron chi connectivity index (χ3n) is 13.9. The summed E-state index contributed by atoms with van der Waals surface area (Å²) in [6.07, 6.45) is 20.1. The van der Waals surface area contributed by atoms with Gasteiger partial charge in [-0.3, -0.25) is 9.80 Å². The van der Waals surface area contributed by atoms with Crippen LogP contribution in [0, 0.1) is 23.6 Å². The fourth-order valence-corrected chi connectivity index (χ4v) is 10.4. The number of fused-ring (bicyclic) bond motifs is 2. The molecule has 0 radical (unpaired) electrons. The van der Waals surface area contributed by atoms with E-state index < -0.39 is 29.4 Å². The van der Waals surface area contributed by atoms with Crippen molar-refractivity contribution in [2.45, 2.75) is 167 Å². The Labute approximate surface area is 401 Å². The summed E-state index contributed by atoms with van der Waals surface area (Å²) in [7, 11) is 0. The van der Waals surface area contributed by atoms with Crippen molar-refractivity contribution in [3.8, 4) is 11.5 Å². The van der Waals surface area contributed by atoms with Crippen molar-refractivity contribution in [2.75, 3.05) is 52.7 Å². The molecule has 67 heavy (non-hydrogen) atoms. The van der Waals surface area contributed by atoms with E-state index in [2.05, 4.69) is 30.5 Å². The third kappa shape index (κ3) is 14.8. The van der Waals surface area contributed by atoms with Gasteiger partial charge in [0.15, 0.2) is 0 Å². The summed E-state index contributed by atoms with van der Waals surface area (Å²) < 4.78 is 41.7. The number of nitrogens with zero attached hydrogens (tertiary/aromatic N) is 3. The number of aliphatic hydroxyl groups is 2. The average molecular weight is 932 g/mol. The van der Waals surface area contributed by atoms with E-state index in [1.54, 1.807) is 23.1 Å². The standard InChI is InChI=1S/C55H82FN3O8/c1-6-8-9-10-11-12-13-14-15-20-35-64-53(62)59(40-41-23-25-43(56)26-24-41)50-39-48(57-67-54(3,4)5)46-37-42(21-16-18-32-60)45(22-17-19-33-61)51-47-38-44(63-36-31-58-29-30-58)27-28-49(47)66-55(50,52(46)51)65-34-7-2/h7,23-28,37-38,42,45,50-52,60-61H,2,6,8-22,29-36,39-40H2,1,3-5H3/t42-,45+,50-,51+,52+,55+/m0/s1. The first-order valence-electron chi connectivity index (χ1n) is 25.8. The van der Waals surface area contributed by atoms with Crippen molar-refractivity contribution < 1.29 is 43.2 Å². The molecule has 1 saturated carbocycles. The molecule has 0 unspecified atom stereocenters. The van der Waals surface area contributed by atoms with Gasteiger partial charge in [0, 0.05) is 57.3 Å². The molecule has 1 saturated heterocycles. The topological polar surface area (TPSA) is 122 Å². The largest absolute Gasteiger partial charge is 0.492 e. The van der Waals surface area contributed by atoms with Gasteiger partial charge in [0.05, 0.1) is 24.8 Å². The van der Waals surface area contributed by atoms with Gasteiger partial charge >= 0.3 is 6.09 Å². The highest BCUT2D eigenvalue weighted by Crippen LogP contribution is 2.62. The zero-order valence-corrected chi connectivity index (χ0v) is 41.2. The summed E-state index contributed by atoms with van der Waals surface area (Å²) in [6, 6.07) is 11.5. The van der Waals surface area contributed by atoms with Crippen molar-refractivity contribution in [3.05, 3.63) is 83.7 Å². The van der Waals surface area contributed by atoms with Gasteiger partial charge < -0.3 is 34.0 Å². The predicted molar refractivity (Wildman–Crippen MR) is 263 cm³/mol. The van der Waals surface area contributed by atoms with Gasteiger partial charge in [-0.25, -0.2) is 9.18 Å². The highest BCUT2D eigenvalue weighted by molar-refractivity contribution is 6.03. The summed E-state index contributed by atoms with van der Waals surface area (Å²) in [5, 5.41) is 25.0. The lowest BCUT2D eigenvalue weighted by atomic mass is 9.55. The Balaban J connectivity index is 1.44. The summed E-state index contributed by atoms with van der Waals surface area (Å²) in [6.45, 7) is 16.5. The average Bonchev–Trinajstić information content (AvgIpc) is 4.15. The summed E-state index contributed by atoms with van der Waals surface area (Å²) >= 11 is 0. The highest BCUT2D eigenvalue weighted by atomic mass is 19.1. The minimum absolute atomic E-state index is 0.0681. The van der Waals surface area contributed by atoms with Gasteiger partial charge in [-0.1, -0.05) is 107 Å². The summed E-state index contributed by atoms with van der Waals surface area (Å²) in [5.41, 5.74) is 2.79. The molecule has 0 spiro atoms. The molecule has 11 nitrogen and oxygen atoms in total. The number of hydrogen-bond donors (Lipinski definition) is 2. The van der Waals surface area contributed by atoms with Gasteiger partial charge in [0.25, 0.3) is 0 Å². The predicted octanol–water partition coefficient (Wildman–Crippen LogP) is 11.5. The lowest BCUT2D eigenvalue weighted by molar-refractivity contribution is -0.256. The number of carbonyl (C=O) groups excluding carboxylic acids is 1. The molecule has 2 aromatic rings. The summed E-state index contributed by atoms with van der Waals surface area (Å²) in [4.78, 5) is 25.3. The number of hydrogen-bond acceptors (Lipinski definition) is 10. The van der Waals surface area contributed by atoms with Crippen LogP contribution in [-0.4, -0.2) is 102 Å². The fraction of sp³-hybridized carbons (Fsp3) is 0.673. The number of halogens is 1. The molecule has 1 amide bonds. The van der Waals surface area contributed by atoms with Crippen LogP contribution in [0.25, 0.3) is 0 Å². The lowest BCUT2D eigenvalue weighted by Gasteiger charge is -2.60. The Hall–Kier alpha value is -3.97. The maximum Gasteiger partial charge on any atom is 0.410 e. The zero-order chi connectivity index (χ0) is 47.7. The van der Waals surface area contributed by atoms with E-state index in [-0.39, 0.29) is 63.0 Å². The normalized spacial score (nSPS) is 23.7. The Bertz CT molecular complexity index is 1900. The molecule has 6 atom stereocenters. The number of aliphatic hydroxyl groups excluding tert-OH is 2. The summed E-state index contributed by atoms with van der Waals surface area (Å²) in [5.74, 6) is -0.918. The van der Waals surface area contributed by atoms with Crippen LogP contribution in [0.1, 0.15) is 154 Å². The number of rotatable bonds is 30. The first-order chi connectivity index (χ1) is 32.5. The number of oxime groups is 1. The van der Waals surface area contributed by atoms with Crippen LogP contribution in [0.4, 0.5) is 9.18 Å². The zero-order valence-electron chi connectivity index (χ0n) is 41.2. The van der Waals surface area contributed by atoms with Crippen LogP contribution in [0.3, 0.4) is 0 Å². The molecular formula is C55H82FN3O8. The van der Waals surface area contributed by atoms with E-state index in [4.69, 9.17) is 28.9 Å². The molecule has 0 aromatic heterocycles. The van der Waals surface area contributed by atoms with Crippen LogP contribution >= 0.6 is 0 Å². The number of carbonyl (C=O) groups is 1. The molecule has 6 rings (SSSR count). The van der Waals surface area contributed by atoms with Gasteiger partial charge in [-0.2, -0.15) is 0 Å². The first kappa shape index (κ1) is 52.4. The Morgan fingerprint density at radius 2 is 1.61 bits per heavy atom. The van der Waals surface area contributed by atoms with E-state index in [1.165, 1.54) is 57.1 Å². The van der Waals surface area contributed by atoms with Crippen molar-refractivity contribution in [1.82, 2.24) is 9.80 Å². The van der Waals surface area contributed by atoms with E-state index >= 15 is 0 Å². The van der Waals surface area contributed by atoms with Gasteiger partial charge in [0.1, 0.15) is 35.6 Å². The molecule has 2 aliphatic carbocycles. The second-order valence-electron chi connectivity index (χ2n) is 20.2. The van der Waals surface area contributed by atoms with Crippen LogP contribution in [0.15, 0.2) is 71.9 Å². The van der Waals surface area contributed by atoms with Gasteiger partial charge in [-0.15, -0.1) is 6.58 Å².